The molecule has 2 aromatic carbocycles. The van der Waals surface area contributed by atoms with E-state index in [0.717, 1.165) is 0 Å². The average molecular weight is 572 g/mol. The summed E-state index contributed by atoms with van der Waals surface area (Å²) in [6.45, 7) is 9.02. The van der Waals surface area contributed by atoms with Crippen LogP contribution in [0.3, 0.4) is 0 Å². The van der Waals surface area contributed by atoms with E-state index in [-0.39, 0.29) is 17.7 Å². The highest BCUT2D eigenvalue weighted by Crippen LogP contribution is 2.43. The van der Waals surface area contributed by atoms with Crippen molar-refractivity contribution in [2.45, 2.75) is 71.2 Å². The van der Waals surface area contributed by atoms with Gasteiger partial charge in [-0.05, 0) is 88.3 Å². The van der Waals surface area contributed by atoms with Crippen LogP contribution >= 0.6 is 11.8 Å². The van der Waals surface area contributed by atoms with Crippen LogP contribution in [-0.4, -0.2) is 64.7 Å². The molecule has 0 aliphatic heterocycles. The Bertz CT molecular complexity index is 1200. The first-order valence-electron chi connectivity index (χ1n) is 13.4. The minimum Gasteiger partial charge on any atom is -0.507 e. The molecule has 3 amide bonds. The van der Waals surface area contributed by atoms with Crippen LogP contribution in [0.4, 0.5) is 10.5 Å². The predicted molar refractivity (Wildman–Crippen MR) is 158 cm³/mol. The van der Waals surface area contributed by atoms with Crippen molar-refractivity contribution in [1.29, 1.82) is 0 Å². The second-order valence-electron chi connectivity index (χ2n) is 11.1. The Hall–Kier alpha value is -3.40. The molecule has 4 unspecified atom stereocenters. The van der Waals surface area contributed by atoms with Crippen LogP contribution in [0.15, 0.2) is 42.5 Å². The van der Waals surface area contributed by atoms with E-state index < -0.39 is 35.6 Å². The van der Waals surface area contributed by atoms with Crippen molar-refractivity contribution < 1.29 is 29.0 Å². The monoisotopic (exact) mass is 571 g/mol. The van der Waals surface area contributed by atoms with E-state index in [0.29, 0.717) is 41.2 Å². The van der Waals surface area contributed by atoms with Gasteiger partial charge in [-0.2, -0.15) is 11.8 Å². The van der Waals surface area contributed by atoms with Crippen LogP contribution in [-0.2, 0) is 14.3 Å². The molecule has 1 aliphatic rings. The maximum Gasteiger partial charge on any atom is 0.408 e. The number of nitrogens with zero attached hydrogens (tertiary/aromatic N) is 1. The molecule has 0 radical (unpaired) electrons. The van der Waals surface area contributed by atoms with Gasteiger partial charge in [0.05, 0.1) is 7.11 Å². The first kappa shape index (κ1) is 31.1. The molecule has 0 saturated heterocycles. The lowest BCUT2D eigenvalue weighted by molar-refractivity contribution is -0.141. The fraction of sp³-hybridized carbons (Fsp3) is 0.500. The SMILES string of the molecule is COc1ccc(NC(=O)C(c2cccc(C)c2O)N(C(=O)C(CCSC)NC(=O)OC(C)(C)C)C2CC2C)cc1. The Balaban J connectivity index is 2.04. The van der Waals surface area contributed by atoms with Crippen LogP contribution in [0.2, 0.25) is 0 Å². The van der Waals surface area contributed by atoms with Gasteiger partial charge in [0.1, 0.15) is 29.2 Å². The highest BCUT2D eigenvalue weighted by molar-refractivity contribution is 7.98. The summed E-state index contributed by atoms with van der Waals surface area (Å²) in [4.78, 5) is 42.6. The largest absolute Gasteiger partial charge is 0.507 e. The number of carbonyl (C=O) groups is 3. The predicted octanol–water partition coefficient (Wildman–Crippen LogP) is 5.27. The number of hydrogen-bond donors (Lipinski definition) is 3. The number of phenolic OH excluding ortho intramolecular Hbond substituents is 1. The van der Waals surface area contributed by atoms with Crippen molar-refractivity contribution >= 4 is 35.4 Å². The number of hydrogen-bond acceptors (Lipinski definition) is 7. The van der Waals surface area contributed by atoms with Gasteiger partial charge < -0.3 is 30.1 Å². The lowest BCUT2D eigenvalue weighted by Crippen LogP contribution is -2.53. The first-order valence-corrected chi connectivity index (χ1v) is 14.8. The fourth-order valence-corrected chi connectivity index (χ4v) is 4.97. The van der Waals surface area contributed by atoms with Gasteiger partial charge in [-0.1, -0.05) is 25.1 Å². The molecule has 2 aromatic rings. The van der Waals surface area contributed by atoms with Gasteiger partial charge >= 0.3 is 6.09 Å². The molecule has 1 fully saturated rings. The van der Waals surface area contributed by atoms with E-state index in [9.17, 15) is 19.5 Å². The summed E-state index contributed by atoms with van der Waals surface area (Å²) >= 11 is 1.55. The molecule has 40 heavy (non-hydrogen) atoms. The zero-order valence-corrected chi connectivity index (χ0v) is 25.1. The smallest absolute Gasteiger partial charge is 0.408 e. The molecule has 0 aromatic heterocycles. The van der Waals surface area contributed by atoms with Crippen LogP contribution in [0.5, 0.6) is 11.5 Å². The van der Waals surface area contributed by atoms with E-state index in [1.54, 1.807) is 93.9 Å². The minimum atomic E-state index is -1.14. The van der Waals surface area contributed by atoms with Crippen molar-refractivity contribution in [3.05, 3.63) is 53.6 Å². The summed E-state index contributed by atoms with van der Waals surface area (Å²) in [7, 11) is 1.56. The number of aryl methyl sites for hydroxylation is 1. The Morgan fingerprint density at radius 1 is 1.15 bits per heavy atom. The Morgan fingerprint density at radius 2 is 1.80 bits per heavy atom. The maximum absolute atomic E-state index is 14.3. The van der Waals surface area contributed by atoms with E-state index >= 15 is 0 Å². The third-order valence-electron chi connectivity index (χ3n) is 6.73. The zero-order valence-electron chi connectivity index (χ0n) is 24.3. The third-order valence-corrected chi connectivity index (χ3v) is 7.37. The van der Waals surface area contributed by atoms with Gasteiger partial charge in [0.25, 0.3) is 5.91 Å². The number of rotatable bonds is 11. The second-order valence-corrected chi connectivity index (χ2v) is 12.1. The molecule has 0 bridgehead atoms. The van der Waals surface area contributed by atoms with E-state index in [1.165, 1.54) is 0 Å². The molecule has 3 rings (SSSR count). The van der Waals surface area contributed by atoms with Crippen molar-refractivity contribution in [2.24, 2.45) is 5.92 Å². The zero-order chi connectivity index (χ0) is 29.6. The van der Waals surface area contributed by atoms with Gasteiger partial charge in [-0.3, -0.25) is 9.59 Å². The van der Waals surface area contributed by atoms with Crippen molar-refractivity contribution in [1.82, 2.24) is 10.2 Å². The van der Waals surface area contributed by atoms with Crippen molar-refractivity contribution in [3.63, 3.8) is 0 Å². The van der Waals surface area contributed by atoms with Gasteiger partial charge in [0, 0.05) is 17.3 Å². The number of ether oxygens (including phenoxy) is 2. The number of alkyl carbamates (subject to hydrolysis) is 1. The van der Waals surface area contributed by atoms with Crippen LogP contribution in [0.1, 0.15) is 57.7 Å². The van der Waals surface area contributed by atoms with Gasteiger partial charge in [0.15, 0.2) is 0 Å². The lowest BCUT2D eigenvalue weighted by Gasteiger charge is -2.35. The molecule has 0 spiro atoms. The van der Waals surface area contributed by atoms with Crippen LogP contribution in [0.25, 0.3) is 0 Å². The number of nitrogens with one attached hydrogen (secondary N) is 2. The molecule has 1 saturated carbocycles. The fourth-order valence-electron chi connectivity index (χ4n) is 4.50. The maximum atomic E-state index is 14.3. The Morgan fingerprint density at radius 3 is 2.35 bits per heavy atom. The normalized spacial score (nSPS) is 17.8. The molecule has 3 N–H and O–H groups in total. The number of carbonyl (C=O) groups excluding carboxylic acids is 3. The number of phenols is 1. The third kappa shape index (κ3) is 8.06. The summed E-state index contributed by atoms with van der Waals surface area (Å²) in [6, 6.07) is 9.73. The topological polar surface area (TPSA) is 117 Å². The summed E-state index contributed by atoms with van der Waals surface area (Å²) in [5, 5.41) is 16.7. The molecule has 1 aliphatic carbocycles. The highest BCUT2D eigenvalue weighted by atomic mass is 32.2. The number of amides is 3. The molecular weight excluding hydrogens is 530 g/mol. The Labute approximate surface area is 241 Å². The van der Waals surface area contributed by atoms with Gasteiger partial charge in [-0.25, -0.2) is 4.79 Å². The first-order chi connectivity index (χ1) is 18.9. The Kier molecular flexibility index (Phi) is 10.4. The van der Waals surface area contributed by atoms with Crippen molar-refractivity contribution in [3.8, 4) is 11.5 Å². The van der Waals surface area contributed by atoms with Crippen LogP contribution < -0.4 is 15.4 Å². The molecule has 218 valence electrons. The van der Waals surface area contributed by atoms with Crippen LogP contribution in [0, 0.1) is 12.8 Å². The van der Waals surface area contributed by atoms with Gasteiger partial charge in [-0.15, -0.1) is 0 Å². The summed E-state index contributed by atoms with van der Waals surface area (Å²) in [6.07, 6.45) is 2.27. The number of aromatic hydroxyl groups is 1. The standard InChI is InChI=1S/C30H41N3O6S/c1-18-9-8-10-22(26(18)34)25(27(35)31-20-11-13-21(38-6)14-12-20)33(24-17-19(24)2)28(36)23(15-16-40-7)32-29(37)39-30(3,4)5/h8-14,19,23-25,34H,15-17H2,1-7H3,(H,31,35)(H,32,37). The second kappa shape index (κ2) is 13.3. The average Bonchev–Trinajstić information content (AvgIpc) is 3.61. The summed E-state index contributed by atoms with van der Waals surface area (Å²) in [5.41, 5.74) is 0.682. The summed E-state index contributed by atoms with van der Waals surface area (Å²) < 4.78 is 10.7. The molecule has 9 nitrogen and oxygen atoms in total. The molecule has 10 heteroatoms. The number of anilines is 1. The van der Waals surface area contributed by atoms with E-state index in [2.05, 4.69) is 10.6 Å². The summed E-state index contributed by atoms with van der Waals surface area (Å²) in [5.74, 6) is 0.474. The number of para-hydroxylation sites is 1. The molecular formula is C30H41N3O6S. The van der Waals surface area contributed by atoms with Crippen molar-refractivity contribution in [2.75, 3.05) is 24.4 Å². The highest BCUT2D eigenvalue weighted by Gasteiger charge is 2.48. The number of methoxy groups -OCH3 is 1. The number of benzene rings is 2. The van der Waals surface area contributed by atoms with E-state index in [1.807, 2.05) is 13.2 Å². The van der Waals surface area contributed by atoms with Gasteiger partial charge in [0.2, 0.25) is 5.91 Å². The quantitative estimate of drug-likeness (QED) is 0.336. The number of thioether (sulfide) groups is 1. The molecule has 0 heterocycles. The van der Waals surface area contributed by atoms with E-state index in [4.69, 9.17) is 9.47 Å². The molecule has 4 atom stereocenters. The minimum absolute atomic E-state index is 0.0516. The lowest BCUT2D eigenvalue weighted by atomic mass is 9.98.